The summed E-state index contributed by atoms with van der Waals surface area (Å²) in [5.41, 5.74) is 1.06. The zero-order chi connectivity index (χ0) is 16.5. The monoisotopic (exact) mass is 336 g/mol. The first-order valence-electron chi connectivity index (χ1n) is 8.79. The van der Waals surface area contributed by atoms with Crippen molar-refractivity contribution >= 4 is 10.0 Å². The smallest absolute Gasteiger partial charge is 0.101 e. The number of benzene rings is 1. The van der Waals surface area contributed by atoms with E-state index in [-0.39, 0.29) is 6.04 Å². The average molecular weight is 337 g/mol. The van der Waals surface area contributed by atoms with Gasteiger partial charge in [-0.25, -0.2) is 8.42 Å². The topological polar surface area (TPSA) is 48.2 Å². The summed E-state index contributed by atoms with van der Waals surface area (Å²) in [6, 6.07) is 7.35. The molecule has 0 radical (unpaired) electrons. The maximum absolute atomic E-state index is 12.7. The van der Waals surface area contributed by atoms with Crippen LogP contribution in [0.3, 0.4) is 0 Å². The molecule has 2 aliphatic rings. The van der Waals surface area contributed by atoms with Crippen molar-refractivity contribution in [3.63, 3.8) is 0 Å². The summed E-state index contributed by atoms with van der Waals surface area (Å²) in [6.07, 6.45) is 6.82. The molecule has 1 saturated carbocycles. The first-order chi connectivity index (χ1) is 10.9. The number of likely N-dealkylation sites (N-methyl/N-ethyl adjacent to an activating group) is 1. The Morgan fingerprint density at radius 2 is 1.61 bits per heavy atom. The van der Waals surface area contributed by atoms with Crippen molar-refractivity contribution in [1.82, 2.24) is 0 Å². The highest BCUT2D eigenvalue weighted by Crippen LogP contribution is 2.37. The zero-order valence-electron chi connectivity index (χ0n) is 14.2. The third-order valence-corrected chi connectivity index (χ3v) is 7.09. The number of nitrogens with zero attached hydrogens (tertiary/aromatic N) is 2. The number of hydrogen-bond acceptors (Lipinski definition) is 2. The predicted octanol–water partition coefficient (Wildman–Crippen LogP) is 3.61. The van der Waals surface area contributed by atoms with Crippen LogP contribution in [0.1, 0.15) is 44.1 Å². The Labute approximate surface area is 140 Å². The van der Waals surface area contributed by atoms with E-state index in [2.05, 4.69) is 11.8 Å². The highest BCUT2D eigenvalue weighted by molar-refractivity contribution is 7.94. The van der Waals surface area contributed by atoms with Crippen LogP contribution in [0.4, 0.5) is 0 Å². The lowest BCUT2D eigenvalue weighted by Gasteiger charge is -2.49. The predicted molar refractivity (Wildman–Crippen MR) is 92.9 cm³/mol. The van der Waals surface area contributed by atoms with Crippen molar-refractivity contribution in [1.29, 1.82) is 0 Å². The highest BCUT2D eigenvalue weighted by Gasteiger charge is 2.39. The zero-order valence-corrected chi connectivity index (χ0v) is 15.1. The molecule has 1 aliphatic carbocycles. The second kappa shape index (κ2) is 6.54. The van der Waals surface area contributed by atoms with Crippen LogP contribution in [0.2, 0.25) is 0 Å². The van der Waals surface area contributed by atoms with Crippen LogP contribution in [0.5, 0.6) is 0 Å². The molecular formula is C18H28N2O2S. The van der Waals surface area contributed by atoms with E-state index in [1.807, 2.05) is 19.1 Å². The minimum atomic E-state index is -3.55. The van der Waals surface area contributed by atoms with Gasteiger partial charge >= 0.3 is 0 Å². The van der Waals surface area contributed by atoms with Crippen LogP contribution in [-0.4, -0.2) is 45.1 Å². The lowest BCUT2D eigenvalue weighted by molar-refractivity contribution is -0.923. The molecule has 3 rings (SSSR count). The average Bonchev–Trinajstić information content (AvgIpc) is 2.96. The number of sulfonamides is 1. The van der Waals surface area contributed by atoms with E-state index in [0.717, 1.165) is 29.3 Å². The molecule has 1 aliphatic heterocycles. The Kier molecular flexibility index (Phi) is 4.81. The largest absolute Gasteiger partial charge is 0.537 e. The van der Waals surface area contributed by atoms with Crippen LogP contribution in [-0.2, 0) is 10.0 Å². The molecule has 1 saturated heterocycles. The van der Waals surface area contributed by atoms with Gasteiger partial charge < -0.3 is 9.21 Å². The highest BCUT2D eigenvalue weighted by atomic mass is 32.2. The molecule has 0 N–H and O–H groups in total. The van der Waals surface area contributed by atoms with Gasteiger partial charge in [-0.3, -0.25) is 0 Å². The maximum atomic E-state index is 12.7. The summed E-state index contributed by atoms with van der Waals surface area (Å²) >= 11 is 0. The van der Waals surface area contributed by atoms with Crippen LogP contribution in [0.15, 0.2) is 29.2 Å². The van der Waals surface area contributed by atoms with Crippen LogP contribution in [0.25, 0.3) is 4.72 Å². The van der Waals surface area contributed by atoms with Crippen LogP contribution >= 0.6 is 0 Å². The minimum absolute atomic E-state index is 0.0573. The number of rotatable bonds is 4. The molecule has 4 nitrogen and oxygen atoms in total. The van der Waals surface area contributed by atoms with Crippen molar-refractivity contribution in [3.8, 4) is 0 Å². The van der Waals surface area contributed by atoms with Gasteiger partial charge in [0.2, 0.25) is 0 Å². The van der Waals surface area contributed by atoms with Crippen LogP contribution < -0.4 is 0 Å². The van der Waals surface area contributed by atoms with Crippen molar-refractivity contribution in [3.05, 3.63) is 34.6 Å². The Balaban J connectivity index is 1.80. The fraction of sp³-hybridized carbons (Fsp3) is 0.667. The number of quaternary nitrogens is 1. The van der Waals surface area contributed by atoms with Crippen molar-refractivity contribution in [2.45, 2.75) is 62.4 Å². The summed E-state index contributed by atoms with van der Waals surface area (Å²) in [5, 5.41) is 0. The molecule has 23 heavy (non-hydrogen) atoms. The maximum Gasteiger partial charge on any atom is 0.101 e. The summed E-state index contributed by atoms with van der Waals surface area (Å²) in [4.78, 5) is 0.330. The Morgan fingerprint density at radius 3 is 2.26 bits per heavy atom. The lowest BCUT2D eigenvalue weighted by Crippen LogP contribution is -2.56. The third-order valence-electron chi connectivity index (χ3n) is 5.68. The Bertz CT molecular complexity index is 633. The molecule has 2 fully saturated rings. The molecule has 1 aromatic carbocycles. The molecule has 0 aromatic heterocycles. The van der Waals surface area contributed by atoms with Crippen molar-refractivity contribution < 1.29 is 12.9 Å². The SMILES string of the molecule is Cc1ccc(S(=O)(=O)[N-][C@@H]2CCCC[C@H]2[N+]2(C)CCCC2)cc1. The van der Waals surface area contributed by atoms with Gasteiger partial charge in [0.1, 0.15) is 10.0 Å². The van der Waals surface area contributed by atoms with E-state index < -0.39 is 10.0 Å². The van der Waals surface area contributed by atoms with Crippen molar-refractivity contribution in [2.24, 2.45) is 0 Å². The van der Waals surface area contributed by atoms with E-state index in [0.29, 0.717) is 10.9 Å². The van der Waals surface area contributed by atoms with E-state index in [4.69, 9.17) is 0 Å². The normalized spacial score (nSPS) is 27.9. The quantitative estimate of drug-likeness (QED) is 0.789. The first-order valence-corrected chi connectivity index (χ1v) is 10.2. The molecule has 2 atom stereocenters. The number of likely N-dealkylation sites (tertiary alicyclic amines) is 1. The van der Waals surface area contributed by atoms with Gasteiger partial charge in [-0.1, -0.05) is 36.6 Å². The minimum Gasteiger partial charge on any atom is -0.537 e. The van der Waals surface area contributed by atoms with Crippen molar-refractivity contribution in [2.75, 3.05) is 20.1 Å². The van der Waals surface area contributed by atoms with E-state index >= 15 is 0 Å². The fourth-order valence-electron chi connectivity index (χ4n) is 4.28. The second-order valence-electron chi connectivity index (χ2n) is 7.45. The van der Waals surface area contributed by atoms with E-state index in [1.54, 1.807) is 12.1 Å². The van der Waals surface area contributed by atoms with Crippen LogP contribution in [0, 0.1) is 6.92 Å². The van der Waals surface area contributed by atoms with Gasteiger partial charge in [0.15, 0.2) is 0 Å². The summed E-state index contributed by atoms with van der Waals surface area (Å²) in [7, 11) is -1.26. The standard InChI is InChI=1S/C18H28N2O2S/c1-15-9-11-16(12-10-15)23(21,22)19-17-7-3-4-8-18(17)20(2)13-5-6-14-20/h9-12,17-18H,3-8,13-14H2,1-2H3/t17-,18-/m1/s1. The third kappa shape index (κ3) is 3.62. The Hall–Kier alpha value is -0.910. The van der Waals surface area contributed by atoms with Gasteiger partial charge in [0.05, 0.1) is 26.2 Å². The molecule has 0 spiro atoms. The van der Waals surface area contributed by atoms with Gasteiger partial charge in [-0.15, -0.1) is 0 Å². The van der Waals surface area contributed by atoms with E-state index in [1.165, 1.54) is 32.4 Å². The molecule has 1 heterocycles. The summed E-state index contributed by atoms with van der Waals surface area (Å²) in [5.74, 6) is 0. The van der Waals surface area contributed by atoms with Gasteiger partial charge in [-0.2, -0.15) is 0 Å². The lowest BCUT2D eigenvalue weighted by atomic mass is 9.88. The molecule has 5 heteroatoms. The number of aryl methyl sites for hydroxylation is 1. The Morgan fingerprint density at radius 1 is 1.00 bits per heavy atom. The van der Waals surface area contributed by atoms with Gasteiger partial charge in [-0.05, 0) is 31.9 Å². The van der Waals surface area contributed by atoms with Gasteiger partial charge in [0.25, 0.3) is 0 Å². The summed E-state index contributed by atoms with van der Waals surface area (Å²) < 4.78 is 30.8. The summed E-state index contributed by atoms with van der Waals surface area (Å²) in [6.45, 7) is 4.30. The number of hydrogen-bond donors (Lipinski definition) is 0. The second-order valence-corrected chi connectivity index (χ2v) is 9.08. The van der Waals surface area contributed by atoms with E-state index in [9.17, 15) is 8.42 Å². The molecule has 0 unspecified atom stereocenters. The molecule has 0 amide bonds. The fourth-order valence-corrected chi connectivity index (χ4v) is 5.48. The molecule has 128 valence electrons. The first kappa shape index (κ1) is 16.9. The molecule has 1 aromatic rings. The molecular weight excluding hydrogens is 308 g/mol. The van der Waals surface area contributed by atoms with Gasteiger partial charge in [0, 0.05) is 17.7 Å². The molecule has 0 bridgehead atoms.